The Balaban J connectivity index is 2.91. The van der Waals surface area contributed by atoms with E-state index in [0.29, 0.717) is 30.2 Å². The Hall–Kier alpha value is -2.05. The zero-order valence-electron chi connectivity index (χ0n) is 10.1. The molecule has 0 bridgehead atoms. The molecule has 0 aliphatic heterocycles. The average molecular weight is 237 g/mol. The Kier molecular flexibility index (Phi) is 2.74. The van der Waals surface area contributed by atoms with Crippen LogP contribution in [0.2, 0.25) is 0 Å². The van der Waals surface area contributed by atoms with Crippen LogP contribution in [-0.4, -0.2) is 25.6 Å². The van der Waals surface area contributed by atoms with Gasteiger partial charge in [-0.15, -0.1) is 0 Å². The van der Waals surface area contributed by atoms with E-state index < -0.39 is 11.2 Å². The van der Waals surface area contributed by atoms with Crippen LogP contribution in [0.3, 0.4) is 0 Å². The van der Waals surface area contributed by atoms with Crippen molar-refractivity contribution in [3.63, 3.8) is 0 Å². The van der Waals surface area contributed by atoms with Crippen LogP contribution < -0.4 is 16.6 Å². The van der Waals surface area contributed by atoms with Gasteiger partial charge in [-0.3, -0.25) is 14.3 Å². The number of aromatic amines is 1. The largest absolute Gasteiger partial charge is 0.356 e. The molecule has 7 nitrogen and oxygen atoms in total. The fraction of sp³-hybridized carbons (Fsp3) is 0.500. The normalized spacial score (nSPS) is 11.0. The second-order valence-corrected chi connectivity index (χ2v) is 3.70. The lowest BCUT2D eigenvalue weighted by molar-refractivity contribution is 0.780. The molecular weight excluding hydrogens is 222 g/mol. The van der Waals surface area contributed by atoms with Crippen molar-refractivity contribution in [3.05, 3.63) is 20.8 Å². The highest BCUT2D eigenvalue weighted by Gasteiger charge is 2.15. The second kappa shape index (κ2) is 4.08. The Labute approximate surface area is 97.1 Å². The monoisotopic (exact) mass is 237 g/mol. The van der Waals surface area contributed by atoms with Crippen molar-refractivity contribution in [2.75, 3.05) is 11.9 Å². The average Bonchev–Trinajstić information content (AvgIpc) is 2.65. The number of anilines is 1. The van der Waals surface area contributed by atoms with Gasteiger partial charge in [0.15, 0.2) is 11.2 Å². The molecule has 2 N–H and O–H groups in total. The molecule has 0 radical (unpaired) electrons. The first-order valence-corrected chi connectivity index (χ1v) is 5.53. The van der Waals surface area contributed by atoms with Crippen molar-refractivity contribution in [2.24, 2.45) is 7.05 Å². The summed E-state index contributed by atoms with van der Waals surface area (Å²) >= 11 is 0. The Bertz CT molecular complexity index is 664. The summed E-state index contributed by atoms with van der Waals surface area (Å²) in [6, 6.07) is 0. The Morgan fingerprint density at radius 3 is 2.65 bits per heavy atom. The van der Waals surface area contributed by atoms with E-state index >= 15 is 0 Å². The summed E-state index contributed by atoms with van der Waals surface area (Å²) in [5, 5.41) is 3.07. The Morgan fingerprint density at radius 1 is 1.35 bits per heavy atom. The van der Waals surface area contributed by atoms with Gasteiger partial charge in [-0.05, 0) is 13.8 Å². The fourth-order valence-electron chi connectivity index (χ4n) is 1.84. The SMILES string of the molecule is CCNc1nc2c(c(=O)[nH]c(=O)n2C)n1CC. The fourth-order valence-corrected chi connectivity index (χ4v) is 1.84. The van der Waals surface area contributed by atoms with Crippen LogP contribution in [0.5, 0.6) is 0 Å². The quantitative estimate of drug-likeness (QED) is 0.779. The smallest absolute Gasteiger partial charge is 0.329 e. The summed E-state index contributed by atoms with van der Waals surface area (Å²) in [6.45, 7) is 5.18. The maximum atomic E-state index is 11.8. The molecule has 0 aliphatic rings. The summed E-state index contributed by atoms with van der Waals surface area (Å²) in [4.78, 5) is 29.8. The molecule has 2 aromatic heterocycles. The van der Waals surface area contributed by atoms with E-state index in [1.807, 2.05) is 13.8 Å². The zero-order valence-corrected chi connectivity index (χ0v) is 10.1. The summed E-state index contributed by atoms with van der Waals surface area (Å²) in [5.74, 6) is 0.608. The highest BCUT2D eigenvalue weighted by Crippen LogP contribution is 2.14. The number of hydrogen-bond donors (Lipinski definition) is 2. The van der Waals surface area contributed by atoms with Crippen molar-refractivity contribution in [1.82, 2.24) is 19.1 Å². The number of fused-ring (bicyclic) bond motifs is 1. The van der Waals surface area contributed by atoms with Crippen LogP contribution in [0.4, 0.5) is 5.95 Å². The summed E-state index contributed by atoms with van der Waals surface area (Å²) < 4.78 is 3.10. The molecule has 0 saturated carbocycles. The van der Waals surface area contributed by atoms with E-state index in [1.165, 1.54) is 4.57 Å². The number of aromatic nitrogens is 4. The van der Waals surface area contributed by atoms with Crippen LogP contribution in [0.25, 0.3) is 11.2 Å². The van der Waals surface area contributed by atoms with E-state index in [-0.39, 0.29) is 0 Å². The number of nitrogens with one attached hydrogen (secondary N) is 2. The first-order valence-electron chi connectivity index (χ1n) is 5.53. The van der Waals surface area contributed by atoms with Gasteiger partial charge in [0.05, 0.1) is 0 Å². The lowest BCUT2D eigenvalue weighted by atomic mass is 10.5. The Morgan fingerprint density at radius 2 is 2.06 bits per heavy atom. The van der Waals surface area contributed by atoms with Crippen molar-refractivity contribution >= 4 is 17.1 Å². The van der Waals surface area contributed by atoms with Gasteiger partial charge >= 0.3 is 5.69 Å². The van der Waals surface area contributed by atoms with E-state index in [1.54, 1.807) is 11.6 Å². The van der Waals surface area contributed by atoms with Crippen LogP contribution in [0.1, 0.15) is 13.8 Å². The topological polar surface area (TPSA) is 84.7 Å². The summed E-state index contributed by atoms with van der Waals surface area (Å²) in [5.41, 5.74) is -0.0324. The molecule has 0 aromatic carbocycles. The molecule has 92 valence electrons. The minimum absolute atomic E-state index is 0.400. The first kappa shape index (κ1) is 11.4. The van der Waals surface area contributed by atoms with Gasteiger partial charge in [0.25, 0.3) is 5.56 Å². The molecule has 0 unspecified atom stereocenters. The summed E-state index contributed by atoms with van der Waals surface area (Å²) in [7, 11) is 1.59. The molecular formula is C10H15N5O2. The van der Waals surface area contributed by atoms with Gasteiger partial charge in [0.2, 0.25) is 5.95 Å². The van der Waals surface area contributed by atoms with Gasteiger partial charge in [0.1, 0.15) is 0 Å². The van der Waals surface area contributed by atoms with E-state index in [9.17, 15) is 9.59 Å². The van der Waals surface area contributed by atoms with E-state index in [2.05, 4.69) is 15.3 Å². The van der Waals surface area contributed by atoms with Crippen molar-refractivity contribution in [1.29, 1.82) is 0 Å². The van der Waals surface area contributed by atoms with Gasteiger partial charge in [0, 0.05) is 20.1 Å². The number of imidazole rings is 1. The highest BCUT2D eigenvalue weighted by molar-refractivity contribution is 5.74. The number of aryl methyl sites for hydroxylation is 2. The molecule has 0 saturated heterocycles. The molecule has 0 amide bonds. The van der Waals surface area contributed by atoms with Gasteiger partial charge in [-0.25, -0.2) is 4.79 Å². The predicted octanol–water partition coefficient (Wildman–Crippen LogP) is -0.125. The number of rotatable bonds is 3. The van der Waals surface area contributed by atoms with Crippen molar-refractivity contribution in [3.8, 4) is 0 Å². The third-order valence-corrected chi connectivity index (χ3v) is 2.66. The molecule has 7 heteroatoms. The minimum Gasteiger partial charge on any atom is -0.356 e. The van der Waals surface area contributed by atoms with Gasteiger partial charge < -0.3 is 9.88 Å². The maximum absolute atomic E-state index is 11.8. The molecule has 0 spiro atoms. The molecule has 2 heterocycles. The minimum atomic E-state index is -0.452. The molecule has 17 heavy (non-hydrogen) atoms. The van der Waals surface area contributed by atoms with Crippen molar-refractivity contribution < 1.29 is 0 Å². The second-order valence-electron chi connectivity index (χ2n) is 3.70. The van der Waals surface area contributed by atoms with Crippen molar-refractivity contribution in [2.45, 2.75) is 20.4 Å². The molecule has 2 rings (SSSR count). The molecule has 0 aliphatic carbocycles. The molecule has 0 atom stereocenters. The number of nitrogens with zero attached hydrogens (tertiary/aromatic N) is 3. The van der Waals surface area contributed by atoms with Gasteiger partial charge in [-0.2, -0.15) is 4.98 Å². The van der Waals surface area contributed by atoms with E-state index in [4.69, 9.17) is 0 Å². The van der Waals surface area contributed by atoms with Crippen LogP contribution in [-0.2, 0) is 13.6 Å². The van der Waals surface area contributed by atoms with Gasteiger partial charge in [-0.1, -0.05) is 0 Å². The summed E-state index contributed by atoms with van der Waals surface area (Å²) in [6.07, 6.45) is 0. The third kappa shape index (κ3) is 1.63. The molecule has 0 fully saturated rings. The first-order chi connectivity index (χ1) is 8.10. The zero-order chi connectivity index (χ0) is 12.6. The van der Waals surface area contributed by atoms with Crippen LogP contribution >= 0.6 is 0 Å². The van der Waals surface area contributed by atoms with Crippen LogP contribution in [0, 0.1) is 0 Å². The number of hydrogen-bond acceptors (Lipinski definition) is 4. The number of H-pyrrole nitrogens is 1. The maximum Gasteiger partial charge on any atom is 0.329 e. The standard InChI is InChI=1S/C10H15N5O2/c1-4-11-9-12-7-6(15(9)5-2)8(16)13-10(17)14(7)3/h4-5H2,1-3H3,(H,11,12)(H,13,16,17). The predicted molar refractivity (Wildman–Crippen MR) is 65.4 cm³/mol. The lowest BCUT2D eigenvalue weighted by Crippen LogP contribution is -2.29. The highest BCUT2D eigenvalue weighted by atomic mass is 16.2. The molecule has 2 aromatic rings. The third-order valence-electron chi connectivity index (χ3n) is 2.66. The van der Waals surface area contributed by atoms with E-state index in [0.717, 1.165) is 0 Å². The lowest BCUT2D eigenvalue weighted by Gasteiger charge is -2.05. The van der Waals surface area contributed by atoms with Crippen LogP contribution in [0.15, 0.2) is 9.59 Å².